The normalized spacial score (nSPS) is 26.6. The van der Waals surface area contributed by atoms with Crippen molar-refractivity contribution in [3.63, 3.8) is 0 Å². The molecule has 15 nitrogen and oxygen atoms in total. The number of nitrogens with one attached hydrogen (secondary N) is 3. The highest BCUT2D eigenvalue weighted by molar-refractivity contribution is 7.87. The molecular formula is C33H47N7O8S. The number of rotatable bonds is 6. The number of imidazole rings is 1. The molecule has 49 heavy (non-hydrogen) atoms. The van der Waals surface area contributed by atoms with Gasteiger partial charge in [0.2, 0.25) is 11.8 Å². The Balaban J connectivity index is 1.46. The van der Waals surface area contributed by atoms with Gasteiger partial charge in [-0.2, -0.15) is 17.7 Å². The molecule has 3 aliphatic rings. The molecule has 1 saturated heterocycles. The third-order valence-electron chi connectivity index (χ3n) is 9.06. The number of aromatic nitrogens is 2. The third kappa shape index (κ3) is 8.18. The van der Waals surface area contributed by atoms with Crippen LogP contribution >= 0.6 is 0 Å². The molecule has 1 aromatic heterocycles. The maximum absolute atomic E-state index is 14.3. The number of nitrogens with zero attached hydrogens (tertiary/aromatic N) is 4. The summed E-state index contributed by atoms with van der Waals surface area (Å²) in [7, 11) is 0.248. The number of aryl methyl sites for hydroxylation is 1. The van der Waals surface area contributed by atoms with Gasteiger partial charge in [-0.15, -0.1) is 0 Å². The number of hydrogen-bond acceptors (Lipinski definition) is 9. The van der Waals surface area contributed by atoms with Crippen LogP contribution in [0.2, 0.25) is 0 Å². The fourth-order valence-electron chi connectivity index (χ4n) is 6.29. The lowest BCUT2D eigenvalue weighted by atomic mass is 10.0. The molecule has 268 valence electrons. The monoisotopic (exact) mass is 701 g/mol. The smallest absolute Gasteiger partial charge is 0.408 e. The molecule has 0 radical (unpaired) electrons. The number of para-hydroxylation sites is 2. The van der Waals surface area contributed by atoms with Gasteiger partial charge in [0.1, 0.15) is 29.3 Å². The molecule has 5 rings (SSSR count). The molecule has 3 heterocycles. The Hall–Kier alpha value is -4.18. The minimum absolute atomic E-state index is 0.00413. The van der Waals surface area contributed by atoms with Crippen LogP contribution in [0.15, 0.2) is 36.4 Å². The van der Waals surface area contributed by atoms with Crippen molar-refractivity contribution in [1.29, 1.82) is 0 Å². The average Bonchev–Trinajstić information content (AvgIpc) is 3.38. The van der Waals surface area contributed by atoms with E-state index in [9.17, 15) is 27.6 Å². The van der Waals surface area contributed by atoms with E-state index in [2.05, 4.69) is 20.3 Å². The number of ether oxygens (including phenoxy) is 2. The molecule has 0 unspecified atom stereocenters. The van der Waals surface area contributed by atoms with Crippen LogP contribution in [0.1, 0.15) is 65.7 Å². The number of carbonyl (C=O) groups is 4. The number of carbonyl (C=O) groups excluding carboxylic acids is 4. The minimum Gasteiger partial charge on any atom is -0.459 e. The predicted octanol–water partition coefficient (Wildman–Crippen LogP) is 2.13. The Morgan fingerprint density at radius 1 is 1.12 bits per heavy atom. The lowest BCUT2D eigenvalue weighted by Gasteiger charge is -2.30. The maximum Gasteiger partial charge on any atom is 0.408 e. The Labute approximate surface area is 286 Å². The van der Waals surface area contributed by atoms with Gasteiger partial charge in [0.15, 0.2) is 0 Å². The van der Waals surface area contributed by atoms with Crippen molar-refractivity contribution in [3.8, 4) is 6.01 Å². The number of allylic oxidation sites excluding steroid dienone is 1. The van der Waals surface area contributed by atoms with Crippen LogP contribution in [0.3, 0.4) is 0 Å². The average molecular weight is 702 g/mol. The van der Waals surface area contributed by atoms with Crippen molar-refractivity contribution >= 4 is 45.1 Å². The van der Waals surface area contributed by atoms with E-state index in [0.29, 0.717) is 25.3 Å². The molecule has 2 fully saturated rings. The maximum atomic E-state index is 14.3. The number of amides is 4. The van der Waals surface area contributed by atoms with Crippen molar-refractivity contribution in [2.75, 3.05) is 20.6 Å². The van der Waals surface area contributed by atoms with Gasteiger partial charge in [0.05, 0.1) is 17.6 Å². The summed E-state index contributed by atoms with van der Waals surface area (Å²) >= 11 is 0. The Morgan fingerprint density at radius 2 is 1.86 bits per heavy atom. The molecule has 16 heteroatoms. The van der Waals surface area contributed by atoms with Gasteiger partial charge in [-0.3, -0.25) is 19.0 Å². The summed E-state index contributed by atoms with van der Waals surface area (Å²) in [6.45, 7) is 5.18. The lowest BCUT2D eigenvalue weighted by molar-refractivity contribution is -0.141. The zero-order valence-electron chi connectivity index (χ0n) is 28.9. The lowest BCUT2D eigenvalue weighted by Crippen LogP contribution is -2.58. The topological polar surface area (TPSA) is 181 Å². The minimum atomic E-state index is -4.15. The van der Waals surface area contributed by atoms with E-state index in [4.69, 9.17) is 9.47 Å². The SMILES string of the molecule is CN(C)S(=O)(=O)NC(=O)[C@@]12C[C@H]1C=CCCCCC[C@H](NC(=O)OC(C)(C)C)C(=O)N1C[C@H](Oc3nc4ccccc4n3C)C[C@H]1C(=O)N2. The van der Waals surface area contributed by atoms with E-state index in [1.165, 1.54) is 19.0 Å². The second-order valence-corrected chi connectivity index (χ2v) is 16.1. The molecule has 0 spiro atoms. The highest BCUT2D eigenvalue weighted by atomic mass is 32.2. The van der Waals surface area contributed by atoms with Gasteiger partial charge in [0, 0.05) is 33.5 Å². The van der Waals surface area contributed by atoms with E-state index >= 15 is 0 Å². The molecular weight excluding hydrogens is 654 g/mol. The molecule has 1 aliphatic carbocycles. The van der Waals surface area contributed by atoms with E-state index in [0.717, 1.165) is 28.2 Å². The van der Waals surface area contributed by atoms with Gasteiger partial charge < -0.3 is 25.0 Å². The fraction of sp³-hybridized carbons (Fsp3) is 0.606. The molecule has 1 aromatic carbocycles. The first-order valence-electron chi connectivity index (χ1n) is 16.6. The summed E-state index contributed by atoms with van der Waals surface area (Å²) in [6.07, 6.45) is 5.79. The Kier molecular flexibility index (Phi) is 10.3. The summed E-state index contributed by atoms with van der Waals surface area (Å²) in [5, 5.41) is 5.55. The first kappa shape index (κ1) is 36.1. The molecule has 2 aromatic rings. The van der Waals surface area contributed by atoms with Crippen molar-refractivity contribution in [1.82, 2.24) is 34.1 Å². The molecule has 3 N–H and O–H groups in total. The zero-order chi connectivity index (χ0) is 35.7. The first-order chi connectivity index (χ1) is 23.0. The van der Waals surface area contributed by atoms with Crippen molar-refractivity contribution < 1.29 is 37.1 Å². The van der Waals surface area contributed by atoms with Crippen LogP contribution in [0.25, 0.3) is 11.0 Å². The number of benzene rings is 1. The quantitative estimate of drug-likeness (QED) is 0.380. The summed E-state index contributed by atoms with van der Waals surface area (Å²) in [4.78, 5) is 60.9. The van der Waals surface area contributed by atoms with Crippen LogP contribution < -0.4 is 20.1 Å². The summed E-state index contributed by atoms with van der Waals surface area (Å²) in [5.41, 5.74) is -0.767. The van der Waals surface area contributed by atoms with Gasteiger partial charge in [-0.25, -0.2) is 9.52 Å². The molecule has 5 atom stereocenters. The van der Waals surface area contributed by atoms with E-state index in [1.54, 1.807) is 25.3 Å². The van der Waals surface area contributed by atoms with Gasteiger partial charge in [0.25, 0.3) is 11.9 Å². The number of hydrogen-bond donors (Lipinski definition) is 3. The van der Waals surface area contributed by atoms with E-state index in [-0.39, 0.29) is 19.4 Å². The van der Waals surface area contributed by atoms with Gasteiger partial charge in [-0.05, 0) is 58.6 Å². The fourth-order valence-corrected chi connectivity index (χ4v) is 6.89. The summed E-state index contributed by atoms with van der Waals surface area (Å²) in [5.74, 6) is -2.43. The van der Waals surface area contributed by atoms with Crippen LogP contribution in [-0.4, -0.2) is 101 Å². The third-order valence-corrected chi connectivity index (χ3v) is 10.5. The van der Waals surface area contributed by atoms with Crippen LogP contribution in [-0.2, 0) is 36.4 Å². The van der Waals surface area contributed by atoms with Crippen LogP contribution in [0.4, 0.5) is 4.79 Å². The zero-order valence-corrected chi connectivity index (χ0v) is 29.7. The standard InChI is InChI=1S/C33H47N7O8S/c1-32(2,3)48-31(44)35-24-16-11-9-7-8-10-14-21-19-33(21,29(43)37-49(45,46)38(4)5)36-27(41)26-18-22(20-40(26)28(24)42)47-30-34-23-15-12-13-17-25(23)39(30)6/h10,12-15,17,21-22,24,26H,7-9,11,16,18-20H2,1-6H3,(H,35,44)(H,36,41)(H,37,43)/t21-,22-,24+,26+,33-/m1/s1. The summed E-state index contributed by atoms with van der Waals surface area (Å²) in [6, 6.07) is 5.73. The second kappa shape index (κ2) is 14.0. The predicted molar refractivity (Wildman–Crippen MR) is 180 cm³/mol. The first-order valence-corrected chi connectivity index (χ1v) is 18.1. The number of alkyl carbamates (subject to hydrolysis) is 1. The molecule has 2 aliphatic heterocycles. The summed E-state index contributed by atoms with van der Waals surface area (Å²) < 4.78 is 41.7. The Morgan fingerprint density at radius 3 is 2.55 bits per heavy atom. The van der Waals surface area contributed by atoms with Crippen LogP contribution in [0, 0.1) is 5.92 Å². The molecule has 4 amide bonds. The second-order valence-electron chi connectivity index (χ2n) is 14.2. The van der Waals surface area contributed by atoms with Gasteiger partial charge in [-0.1, -0.05) is 37.1 Å². The highest BCUT2D eigenvalue weighted by Gasteiger charge is 2.61. The van der Waals surface area contributed by atoms with E-state index < -0.39 is 69.3 Å². The Bertz CT molecular complexity index is 1730. The van der Waals surface area contributed by atoms with Crippen molar-refractivity contribution in [2.24, 2.45) is 13.0 Å². The van der Waals surface area contributed by atoms with E-state index in [1.807, 2.05) is 43.5 Å². The van der Waals surface area contributed by atoms with Crippen molar-refractivity contribution in [2.45, 2.75) is 95.0 Å². The molecule has 0 bridgehead atoms. The largest absolute Gasteiger partial charge is 0.459 e. The molecule has 1 saturated carbocycles. The van der Waals surface area contributed by atoms with Crippen molar-refractivity contribution in [3.05, 3.63) is 36.4 Å². The highest BCUT2D eigenvalue weighted by Crippen LogP contribution is 2.45. The van der Waals surface area contributed by atoms with Gasteiger partial charge >= 0.3 is 16.3 Å². The number of fused-ring (bicyclic) bond motifs is 3. The van der Waals surface area contributed by atoms with Crippen LogP contribution in [0.5, 0.6) is 6.01 Å².